The van der Waals surface area contributed by atoms with E-state index in [2.05, 4.69) is 4.98 Å². The molecule has 0 saturated heterocycles. The van der Waals surface area contributed by atoms with Crippen LogP contribution in [0.2, 0.25) is 0 Å². The quantitative estimate of drug-likeness (QED) is 0.848. The summed E-state index contributed by atoms with van der Waals surface area (Å²) in [6.07, 6.45) is 1.41. The lowest BCUT2D eigenvalue weighted by Gasteiger charge is -2.20. The van der Waals surface area contributed by atoms with Crippen molar-refractivity contribution in [1.29, 1.82) is 5.26 Å². The van der Waals surface area contributed by atoms with Crippen LogP contribution in [0.1, 0.15) is 18.2 Å². The molecule has 0 aliphatic heterocycles. The topological polar surface area (TPSA) is 74.1 Å². The fourth-order valence-electron chi connectivity index (χ4n) is 1.98. The average molecular weight is 301 g/mol. The van der Waals surface area contributed by atoms with Crippen molar-refractivity contribution >= 4 is 10.0 Å². The molecule has 0 radical (unpaired) electrons. The molecule has 0 fully saturated rings. The van der Waals surface area contributed by atoms with Gasteiger partial charge in [-0.25, -0.2) is 13.4 Å². The SMILES string of the molecule is CCN(Cc1ccccc1)S(=O)(=O)c1cccnc1C#N. The van der Waals surface area contributed by atoms with Gasteiger partial charge in [0.25, 0.3) is 0 Å². The number of nitriles is 1. The minimum absolute atomic E-state index is 0.0507. The number of benzene rings is 1. The lowest BCUT2D eigenvalue weighted by atomic mass is 10.2. The maximum atomic E-state index is 12.7. The molecule has 0 atom stereocenters. The summed E-state index contributed by atoms with van der Waals surface area (Å²) in [5.74, 6) is 0. The molecule has 2 rings (SSSR count). The van der Waals surface area contributed by atoms with Crippen molar-refractivity contribution in [3.05, 3.63) is 59.9 Å². The predicted molar refractivity (Wildman–Crippen MR) is 78.7 cm³/mol. The molecular weight excluding hydrogens is 286 g/mol. The van der Waals surface area contributed by atoms with E-state index in [0.717, 1.165) is 5.56 Å². The molecule has 2 aromatic rings. The van der Waals surface area contributed by atoms with Crippen LogP contribution in [0.25, 0.3) is 0 Å². The predicted octanol–water partition coefficient (Wildman–Crippen LogP) is 2.16. The summed E-state index contributed by atoms with van der Waals surface area (Å²) in [6.45, 7) is 2.35. The maximum Gasteiger partial charge on any atom is 0.246 e. The second kappa shape index (κ2) is 6.48. The van der Waals surface area contributed by atoms with E-state index in [9.17, 15) is 8.42 Å². The monoisotopic (exact) mass is 301 g/mol. The van der Waals surface area contributed by atoms with Gasteiger partial charge in [0.05, 0.1) is 0 Å². The molecule has 0 aliphatic rings. The van der Waals surface area contributed by atoms with E-state index in [0.29, 0.717) is 6.54 Å². The molecule has 0 saturated carbocycles. The minimum atomic E-state index is -3.74. The average Bonchev–Trinajstić information content (AvgIpc) is 2.53. The fourth-order valence-corrected chi connectivity index (χ4v) is 3.51. The van der Waals surface area contributed by atoms with Gasteiger partial charge in [0.15, 0.2) is 5.69 Å². The Hall–Kier alpha value is -2.23. The Kier molecular flexibility index (Phi) is 4.68. The molecule has 0 spiro atoms. The minimum Gasteiger partial charge on any atom is -0.244 e. The summed E-state index contributed by atoms with van der Waals surface area (Å²) in [5.41, 5.74) is 0.814. The summed E-state index contributed by atoms with van der Waals surface area (Å²) in [6, 6.07) is 14.1. The first kappa shape index (κ1) is 15.2. The highest BCUT2D eigenvalue weighted by molar-refractivity contribution is 7.89. The molecule has 1 heterocycles. The highest BCUT2D eigenvalue weighted by atomic mass is 32.2. The summed E-state index contributed by atoms with van der Waals surface area (Å²) >= 11 is 0. The number of rotatable bonds is 5. The third kappa shape index (κ3) is 3.27. The first-order valence-corrected chi connectivity index (χ1v) is 7.92. The Morgan fingerprint density at radius 1 is 1.19 bits per heavy atom. The van der Waals surface area contributed by atoms with Crippen LogP contribution in [-0.2, 0) is 16.6 Å². The third-order valence-corrected chi connectivity index (χ3v) is 5.00. The van der Waals surface area contributed by atoms with Crippen LogP contribution in [0, 0.1) is 11.3 Å². The molecule has 1 aromatic carbocycles. The Morgan fingerprint density at radius 2 is 1.90 bits per heavy atom. The van der Waals surface area contributed by atoms with Crippen molar-refractivity contribution in [2.45, 2.75) is 18.4 Å². The highest BCUT2D eigenvalue weighted by Crippen LogP contribution is 2.20. The zero-order valence-electron chi connectivity index (χ0n) is 11.6. The summed E-state index contributed by atoms with van der Waals surface area (Å²) in [7, 11) is -3.74. The van der Waals surface area contributed by atoms with Gasteiger partial charge in [0, 0.05) is 19.3 Å². The van der Waals surface area contributed by atoms with E-state index in [1.54, 1.807) is 6.92 Å². The van der Waals surface area contributed by atoms with E-state index in [-0.39, 0.29) is 17.1 Å². The van der Waals surface area contributed by atoms with Crippen LogP contribution in [0.3, 0.4) is 0 Å². The molecule has 6 heteroatoms. The fraction of sp³-hybridized carbons (Fsp3) is 0.200. The van der Waals surface area contributed by atoms with Gasteiger partial charge in [-0.15, -0.1) is 0 Å². The van der Waals surface area contributed by atoms with Crippen molar-refractivity contribution in [1.82, 2.24) is 9.29 Å². The smallest absolute Gasteiger partial charge is 0.244 e. The van der Waals surface area contributed by atoms with Crippen LogP contribution in [0.15, 0.2) is 53.6 Å². The van der Waals surface area contributed by atoms with Gasteiger partial charge >= 0.3 is 0 Å². The van der Waals surface area contributed by atoms with E-state index < -0.39 is 10.0 Å². The molecule has 0 amide bonds. The van der Waals surface area contributed by atoms with E-state index in [4.69, 9.17) is 5.26 Å². The zero-order valence-corrected chi connectivity index (χ0v) is 12.4. The molecule has 0 unspecified atom stereocenters. The highest BCUT2D eigenvalue weighted by Gasteiger charge is 2.26. The zero-order chi connectivity index (χ0) is 15.3. The molecule has 0 N–H and O–H groups in total. The number of aromatic nitrogens is 1. The first-order valence-electron chi connectivity index (χ1n) is 6.48. The molecule has 108 valence electrons. The van der Waals surface area contributed by atoms with Crippen LogP contribution in [0.5, 0.6) is 0 Å². The molecule has 0 aliphatic carbocycles. The largest absolute Gasteiger partial charge is 0.246 e. The van der Waals surface area contributed by atoms with Crippen LogP contribution < -0.4 is 0 Å². The van der Waals surface area contributed by atoms with Gasteiger partial charge in [0.2, 0.25) is 10.0 Å². The Labute approximate surface area is 124 Å². The van der Waals surface area contributed by atoms with Crippen molar-refractivity contribution in [3.8, 4) is 6.07 Å². The number of pyridine rings is 1. The Morgan fingerprint density at radius 3 is 2.52 bits per heavy atom. The van der Waals surface area contributed by atoms with Gasteiger partial charge in [-0.2, -0.15) is 9.57 Å². The normalized spacial score (nSPS) is 11.3. The Bertz CT molecular complexity index is 752. The summed E-state index contributed by atoms with van der Waals surface area (Å²) < 4.78 is 26.7. The standard InChI is InChI=1S/C15H15N3O2S/c1-2-18(12-13-7-4-3-5-8-13)21(19,20)15-9-6-10-17-14(15)11-16/h3-10H,2,12H2,1H3. The van der Waals surface area contributed by atoms with Crippen molar-refractivity contribution in [2.24, 2.45) is 0 Å². The Balaban J connectivity index is 2.39. The second-order valence-corrected chi connectivity index (χ2v) is 6.29. The van der Waals surface area contributed by atoms with Gasteiger partial charge in [0.1, 0.15) is 11.0 Å². The number of nitrogens with zero attached hydrogens (tertiary/aromatic N) is 3. The van der Waals surface area contributed by atoms with Gasteiger partial charge in [-0.05, 0) is 17.7 Å². The lowest BCUT2D eigenvalue weighted by Crippen LogP contribution is -2.31. The number of sulfonamides is 1. The lowest BCUT2D eigenvalue weighted by molar-refractivity contribution is 0.423. The first-order chi connectivity index (χ1) is 10.1. The molecule has 1 aromatic heterocycles. The van der Waals surface area contributed by atoms with Crippen LogP contribution in [0.4, 0.5) is 0 Å². The molecular formula is C15H15N3O2S. The molecule has 21 heavy (non-hydrogen) atoms. The van der Waals surface area contributed by atoms with Crippen molar-refractivity contribution in [3.63, 3.8) is 0 Å². The van der Waals surface area contributed by atoms with E-state index in [1.807, 2.05) is 36.4 Å². The maximum absolute atomic E-state index is 12.7. The van der Waals surface area contributed by atoms with Crippen LogP contribution in [-0.4, -0.2) is 24.3 Å². The van der Waals surface area contributed by atoms with Crippen molar-refractivity contribution < 1.29 is 8.42 Å². The molecule has 5 nitrogen and oxygen atoms in total. The van der Waals surface area contributed by atoms with Gasteiger partial charge < -0.3 is 0 Å². The van der Waals surface area contributed by atoms with Crippen molar-refractivity contribution in [2.75, 3.05) is 6.54 Å². The summed E-state index contributed by atoms with van der Waals surface area (Å²) in [4.78, 5) is 3.77. The van der Waals surface area contributed by atoms with E-state index >= 15 is 0 Å². The third-order valence-electron chi connectivity index (χ3n) is 3.05. The molecule has 0 bridgehead atoms. The summed E-state index contributed by atoms with van der Waals surface area (Å²) in [5, 5.41) is 9.03. The van der Waals surface area contributed by atoms with Gasteiger partial charge in [-0.1, -0.05) is 37.3 Å². The van der Waals surface area contributed by atoms with Crippen LogP contribution >= 0.6 is 0 Å². The van der Waals surface area contributed by atoms with Gasteiger partial charge in [-0.3, -0.25) is 0 Å². The second-order valence-electron chi connectivity index (χ2n) is 4.38. The van der Waals surface area contributed by atoms with E-state index in [1.165, 1.54) is 22.6 Å². The number of hydrogen-bond donors (Lipinski definition) is 0. The number of hydrogen-bond acceptors (Lipinski definition) is 4.